The second-order valence-corrected chi connectivity index (χ2v) is 6.58. The number of unbranched alkanes of at least 4 members (excludes halogenated alkanes) is 1. The quantitative estimate of drug-likeness (QED) is 0.577. The van der Waals surface area contributed by atoms with E-state index in [1.165, 1.54) is 31.2 Å². The van der Waals surface area contributed by atoms with Crippen molar-refractivity contribution in [3.8, 4) is 0 Å². The maximum Gasteiger partial charge on any atom is 0.245 e. The highest BCUT2D eigenvalue weighted by Gasteiger charge is 2.08. The molecule has 0 N–H and O–H groups in total. The Morgan fingerprint density at radius 3 is 2.70 bits per heavy atom. The van der Waals surface area contributed by atoms with Crippen molar-refractivity contribution < 1.29 is 9.30 Å². The molecular weight excluding hydrogens is 308 g/mol. The van der Waals surface area contributed by atoms with E-state index in [4.69, 9.17) is 16.3 Å². The Hall–Kier alpha value is -1.32. The van der Waals surface area contributed by atoms with Crippen LogP contribution in [0.3, 0.4) is 0 Å². The van der Waals surface area contributed by atoms with E-state index >= 15 is 0 Å². The van der Waals surface area contributed by atoms with Crippen molar-refractivity contribution in [3.05, 3.63) is 53.6 Å². The smallest absolute Gasteiger partial charge is 0.245 e. The van der Waals surface area contributed by atoms with Gasteiger partial charge in [-0.2, -0.15) is 0 Å². The molecule has 0 aliphatic carbocycles. The summed E-state index contributed by atoms with van der Waals surface area (Å²) >= 11 is 5.92. The first-order valence-corrected chi connectivity index (χ1v) is 8.96. The fourth-order valence-electron chi connectivity index (χ4n) is 2.63. The lowest BCUT2D eigenvalue weighted by molar-refractivity contribution is -0.688. The fraction of sp³-hybridized carbons (Fsp3) is 0.526. The molecule has 1 heterocycles. The van der Waals surface area contributed by atoms with Crippen molar-refractivity contribution in [3.63, 3.8) is 0 Å². The zero-order valence-electron chi connectivity index (χ0n) is 14.2. The highest BCUT2D eigenvalue weighted by atomic mass is 35.5. The lowest BCUT2D eigenvalue weighted by Crippen LogP contribution is -2.31. The molecule has 0 amide bonds. The van der Waals surface area contributed by atoms with Crippen LogP contribution in [0.25, 0.3) is 0 Å². The lowest BCUT2D eigenvalue weighted by atomic mass is 10.0. The fourth-order valence-corrected chi connectivity index (χ4v) is 2.76. The molecule has 0 radical (unpaired) electrons. The molecule has 0 unspecified atom stereocenters. The van der Waals surface area contributed by atoms with E-state index in [0.717, 1.165) is 18.2 Å². The van der Waals surface area contributed by atoms with Crippen LogP contribution in [-0.4, -0.2) is 11.2 Å². The molecule has 0 aliphatic rings. The largest absolute Gasteiger partial charge is 0.341 e. The number of nitrogens with zero attached hydrogens (tertiary/aromatic N) is 2. The first kappa shape index (κ1) is 18.0. The summed E-state index contributed by atoms with van der Waals surface area (Å²) in [6.45, 7) is 6.81. The number of benzene rings is 1. The molecule has 126 valence electrons. The van der Waals surface area contributed by atoms with Crippen molar-refractivity contribution in [2.75, 3.05) is 6.61 Å². The summed E-state index contributed by atoms with van der Waals surface area (Å²) in [7, 11) is 0. The highest BCUT2D eigenvalue weighted by molar-refractivity contribution is 6.30. The van der Waals surface area contributed by atoms with Crippen molar-refractivity contribution in [2.24, 2.45) is 5.92 Å². The molecule has 0 aliphatic heterocycles. The lowest BCUT2D eigenvalue weighted by Gasteiger charge is -2.13. The van der Waals surface area contributed by atoms with Gasteiger partial charge in [-0.15, -0.1) is 0 Å². The normalized spacial score (nSPS) is 12.5. The minimum Gasteiger partial charge on any atom is -0.341 e. The van der Waals surface area contributed by atoms with Gasteiger partial charge in [0.25, 0.3) is 0 Å². The summed E-state index contributed by atoms with van der Waals surface area (Å²) in [6.07, 6.45) is 11.2. The van der Waals surface area contributed by atoms with Crippen molar-refractivity contribution in [1.82, 2.24) is 4.57 Å². The molecule has 0 saturated heterocycles. The Morgan fingerprint density at radius 2 is 2.00 bits per heavy atom. The van der Waals surface area contributed by atoms with Crippen LogP contribution in [0.2, 0.25) is 5.02 Å². The second-order valence-electron chi connectivity index (χ2n) is 6.14. The number of rotatable bonds is 10. The van der Waals surface area contributed by atoms with E-state index in [-0.39, 0.29) is 0 Å². The van der Waals surface area contributed by atoms with Crippen LogP contribution in [-0.2, 0) is 18.0 Å². The third kappa shape index (κ3) is 6.36. The molecule has 0 bridgehead atoms. The van der Waals surface area contributed by atoms with Gasteiger partial charge in [-0.3, -0.25) is 0 Å². The molecule has 0 spiro atoms. The predicted molar refractivity (Wildman–Crippen MR) is 94.4 cm³/mol. The van der Waals surface area contributed by atoms with Crippen LogP contribution in [0.15, 0.2) is 43.0 Å². The topological polar surface area (TPSA) is 18.0 Å². The van der Waals surface area contributed by atoms with Gasteiger partial charge < -0.3 is 4.74 Å². The Balaban J connectivity index is 1.77. The molecule has 0 fully saturated rings. The number of imidazole rings is 1. The Morgan fingerprint density at radius 1 is 1.22 bits per heavy atom. The maximum atomic E-state index is 5.92. The predicted octanol–water partition coefficient (Wildman–Crippen LogP) is 4.67. The summed E-state index contributed by atoms with van der Waals surface area (Å²) in [5.74, 6) is 0.687. The summed E-state index contributed by atoms with van der Waals surface area (Å²) in [5, 5.41) is 0.776. The number of aromatic nitrogens is 2. The van der Waals surface area contributed by atoms with Gasteiger partial charge >= 0.3 is 0 Å². The van der Waals surface area contributed by atoms with E-state index in [1.54, 1.807) is 0 Å². The monoisotopic (exact) mass is 335 g/mol. The summed E-state index contributed by atoms with van der Waals surface area (Å²) in [4.78, 5) is 0. The van der Waals surface area contributed by atoms with Gasteiger partial charge in [0.1, 0.15) is 18.9 Å². The van der Waals surface area contributed by atoms with E-state index in [0.29, 0.717) is 12.6 Å². The van der Waals surface area contributed by atoms with E-state index in [9.17, 15) is 0 Å². The second kappa shape index (κ2) is 9.74. The van der Waals surface area contributed by atoms with Gasteiger partial charge in [0.05, 0.1) is 6.61 Å². The first-order valence-electron chi connectivity index (χ1n) is 8.58. The first-order chi connectivity index (χ1) is 11.2. The minimum absolute atomic E-state index is 0.621. The number of ether oxygens (including phenoxy) is 1. The molecule has 0 saturated carbocycles. The molecule has 3 nitrogen and oxygen atoms in total. The van der Waals surface area contributed by atoms with Gasteiger partial charge in [0.15, 0.2) is 6.73 Å². The zero-order valence-corrected chi connectivity index (χ0v) is 15.0. The van der Waals surface area contributed by atoms with Crippen LogP contribution >= 0.6 is 11.6 Å². The molecule has 1 aromatic heterocycles. The summed E-state index contributed by atoms with van der Waals surface area (Å²) in [6, 6.07) is 7.98. The Kier molecular flexibility index (Phi) is 7.63. The van der Waals surface area contributed by atoms with Crippen LogP contribution in [0.5, 0.6) is 0 Å². The Bertz CT molecular complexity index is 565. The summed E-state index contributed by atoms with van der Waals surface area (Å²) < 4.78 is 10.1. The standard InChI is InChI=1S/C19H28ClN2O/c1-3-5-6-17(4-2)14-23-16-22-12-11-21(15-22)13-18-7-9-19(20)10-8-18/h7-12,15,17H,3-6,13-14,16H2,1-2H3/q+1/t17-/m0/s1. The van der Waals surface area contributed by atoms with Gasteiger partial charge in [-0.25, -0.2) is 9.13 Å². The van der Waals surface area contributed by atoms with Crippen molar-refractivity contribution >= 4 is 11.6 Å². The van der Waals surface area contributed by atoms with E-state index in [2.05, 4.69) is 53.8 Å². The SMILES string of the molecule is CCCC[C@H](CC)COCn1cc[n+](Cc2ccc(Cl)cc2)c1. The average molecular weight is 336 g/mol. The van der Waals surface area contributed by atoms with Gasteiger partial charge in [-0.05, 0) is 30.0 Å². The third-order valence-electron chi connectivity index (χ3n) is 4.16. The molecule has 23 heavy (non-hydrogen) atoms. The number of halogens is 1. The zero-order chi connectivity index (χ0) is 16.5. The number of hydrogen-bond acceptors (Lipinski definition) is 1. The molecule has 2 aromatic rings. The van der Waals surface area contributed by atoms with Crippen molar-refractivity contribution in [1.29, 1.82) is 0 Å². The minimum atomic E-state index is 0.621. The van der Waals surface area contributed by atoms with Crippen LogP contribution in [0, 0.1) is 5.92 Å². The molecule has 1 aromatic carbocycles. The van der Waals surface area contributed by atoms with Gasteiger partial charge in [0.2, 0.25) is 6.33 Å². The Labute approximate surface area is 144 Å². The van der Waals surface area contributed by atoms with Crippen LogP contribution in [0.1, 0.15) is 45.1 Å². The molecule has 4 heteroatoms. The van der Waals surface area contributed by atoms with Crippen LogP contribution in [0.4, 0.5) is 0 Å². The number of hydrogen-bond donors (Lipinski definition) is 0. The molecule has 2 rings (SSSR count). The molecular formula is C19H28ClN2O+. The molecule has 1 atom stereocenters. The highest BCUT2D eigenvalue weighted by Crippen LogP contribution is 2.13. The van der Waals surface area contributed by atoms with E-state index < -0.39 is 0 Å². The van der Waals surface area contributed by atoms with Crippen LogP contribution < -0.4 is 4.57 Å². The summed E-state index contributed by atoms with van der Waals surface area (Å²) in [5.41, 5.74) is 1.24. The van der Waals surface area contributed by atoms with Gasteiger partial charge in [0, 0.05) is 5.02 Å². The van der Waals surface area contributed by atoms with Gasteiger partial charge in [-0.1, -0.05) is 56.8 Å². The van der Waals surface area contributed by atoms with Crippen molar-refractivity contribution in [2.45, 2.75) is 52.8 Å². The van der Waals surface area contributed by atoms with E-state index in [1.807, 2.05) is 12.1 Å². The average Bonchev–Trinajstić information content (AvgIpc) is 3.00. The third-order valence-corrected chi connectivity index (χ3v) is 4.41. The maximum absolute atomic E-state index is 5.92.